The van der Waals surface area contributed by atoms with Gasteiger partial charge in [-0.05, 0) is 12.1 Å². The standard InChI is InChI=1S/C12H10ClN3O2/c13-10-11(16-5-7(6-16)12(17)18)15-9-4-2-1-3-8(9)14-10/h1-4,7H,5-6H2,(H,17,18). The maximum Gasteiger partial charge on any atom is 0.310 e. The quantitative estimate of drug-likeness (QED) is 0.895. The summed E-state index contributed by atoms with van der Waals surface area (Å²) in [5.74, 6) is -0.557. The van der Waals surface area contributed by atoms with Crippen LogP contribution in [-0.2, 0) is 4.79 Å². The van der Waals surface area contributed by atoms with Crippen LogP contribution in [0.5, 0.6) is 0 Å². The zero-order chi connectivity index (χ0) is 12.7. The van der Waals surface area contributed by atoms with Crippen LogP contribution in [0.25, 0.3) is 11.0 Å². The Labute approximate surface area is 108 Å². The molecule has 1 fully saturated rings. The van der Waals surface area contributed by atoms with E-state index in [4.69, 9.17) is 16.7 Å². The lowest BCUT2D eigenvalue weighted by Gasteiger charge is -2.37. The lowest BCUT2D eigenvalue weighted by atomic mass is 10.0. The summed E-state index contributed by atoms with van der Waals surface area (Å²) in [5.41, 5.74) is 1.50. The molecule has 5 nitrogen and oxygen atoms in total. The Morgan fingerprint density at radius 2 is 1.89 bits per heavy atom. The van der Waals surface area contributed by atoms with E-state index in [-0.39, 0.29) is 5.92 Å². The number of benzene rings is 1. The second kappa shape index (κ2) is 4.10. The van der Waals surface area contributed by atoms with E-state index >= 15 is 0 Å². The van der Waals surface area contributed by atoms with E-state index in [9.17, 15) is 4.79 Å². The van der Waals surface area contributed by atoms with E-state index in [1.807, 2.05) is 29.2 Å². The van der Waals surface area contributed by atoms with Crippen LogP contribution in [0, 0.1) is 5.92 Å². The van der Waals surface area contributed by atoms with Crippen LogP contribution in [0.1, 0.15) is 0 Å². The zero-order valence-corrected chi connectivity index (χ0v) is 10.1. The van der Waals surface area contributed by atoms with Crippen molar-refractivity contribution in [2.75, 3.05) is 18.0 Å². The first-order valence-electron chi connectivity index (χ1n) is 5.55. The number of rotatable bonds is 2. The molecule has 1 aromatic carbocycles. The highest BCUT2D eigenvalue weighted by atomic mass is 35.5. The minimum atomic E-state index is -0.781. The third-order valence-electron chi connectivity index (χ3n) is 3.04. The molecule has 0 atom stereocenters. The van der Waals surface area contributed by atoms with Gasteiger partial charge in [-0.3, -0.25) is 4.79 Å². The zero-order valence-electron chi connectivity index (χ0n) is 9.38. The summed E-state index contributed by atoms with van der Waals surface area (Å²) in [4.78, 5) is 21.3. The first-order chi connectivity index (χ1) is 8.65. The Hall–Kier alpha value is -1.88. The van der Waals surface area contributed by atoms with Crippen LogP contribution >= 0.6 is 11.6 Å². The maximum absolute atomic E-state index is 10.8. The summed E-state index contributed by atoms with van der Waals surface area (Å²) in [6.45, 7) is 0.865. The van der Waals surface area contributed by atoms with Gasteiger partial charge >= 0.3 is 5.97 Å². The number of carboxylic acid groups (broad SMARTS) is 1. The highest BCUT2D eigenvalue weighted by Gasteiger charge is 2.34. The van der Waals surface area contributed by atoms with Crippen LogP contribution in [0.4, 0.5) is 5.82 Å². The minimum absolute atomic E-state index is 0.317. The number of anilines is 1. The van der Waals surface area contributed by atoms with E-state index in [2.05, 4.69) is 9.97 Å². The molecule has 6 heteroatoms. The first-order valence-corrected chi connectivity index (χ1v) is 5.93. The fraction of sp³-hybridized carbons (Fsp3) is 0.250. The van der Waals surface area contributed by atoms with Crippen molar-refractivity contribution in [1.82, 2.24) is 9.97 Å². The molecule has 0 saturated carbocycles. The van der Waals surface area contributed by atoms with Gasteiger partial charge in [0.1, 0.15) is 0 Å². The molecule has 1 N–H and O–H groups in total. The van der Waals surface area contributed by atoms with E-state index < -0.39 is 5.97 Å². The molecule has 2 heterocycles. The number of carbonyl (C=O) groups is 1. The minimum Gasteiger partial charge on any atom is -0.481 e. The van der Waals surface area contributed by atoms with Crippen molar-refractivity contribution in [2.24, 2.45) is 5.92 Å². The molecule has 0 amide bonds. The second-order valence-electron chi connectivity index (χ2n) is 4.27. The van der Waals surface area contributed by atoms with E-state index in [0.717, 1.165) is 11.0 Å². The number of carboxylic acids is 1. The number of hydrogen-bond acceptors (Lipinski definition) is 4. The number of hydrogen-bond donors (Lipinski definition) is 1. The summed E-state index contributed by atoms with van der Waals surface area (Å²) in [5, 5.41) is 9.16. The molecule has 0 unspecified atom stereocenters. The normalized spacial score (nSPS) is 15.7. The Bertz CT molecular complexity index is 626. The molecule has 0 bridgehead atoms. The summed E-state index contributed by atoms with van der Waals surface area (Å²) in [7, 11) is 0. The van der Waals surface area contributed by atoms with Gasteiger partial charge in [-0.15, -0.1) is 0 Å². The Kier molecular flexibility index (Phi) is 2.56. The molecule has 2 aromatic rings. The molecular formula is C12H10ClN3O2. The van der Waals surface area contributed by atoms with E-state index in [1.54, 1.807) is 0 Å². The third kappa shape index (κ3) is 1.76. The van der Waals surface area contributed by atoms with Gasteiger partial charge in [-0.25, -0.2) is 9.97 Å². The van der Waals surface area contributed by atoms with Gasteiger partial charge in [-0.2, -0.15) is 0 Å². The third-order valence-corrected chi connectivity index (χ3v) is 3.30. The number of para-hydroxylation sites is 2. The number of aliphatic carboxylic acids is 1. The average molecular weight is 264 g/mol. The van der Waals surface area contributed by atoms with Crippen molar-refractivity contribution in [3.8, 4) is 0 Å². The Morgan fingerprint density at radius 1 is 1.28 bits per heavy atom. The Morgan fingerprint density at radius 3 is 2.50 bits per heavy atom. The summed E-state index contributed by atoms with van der Waals surface area (Å²) >= 11 is 6.08. The van der Waals surface area contributed by atoms with Gasteiger partial charge in [0.2, 0.25) is 0 Å². The fourth-order valence-corrected chi connectivity index (χ4v) is 2.23. The topological polar surface area (TPSA) is 66.3 Å². The van der Waals surface area contributed by atoms with Gasteiger partial charge in [0.25, 0.3) is 0 Å². The van der Waals surface area contributed by atoms with Crippen LogP contribution in [0.15, 0.2) is 24.3 Å². The first kappa shape index (κ1) is 11.2. The number of nitrogens with zero attached hydrogens (tertiary/aromatic N) is 3. The fourth-order valence-electron chi connectivity index (χ4n) is 1.98. The molecule has 18 heavy (non-hydrogen) atoms. The van der Waals surface area contributed by atoms with Crippen molar-refractivity contribution < 1.29 is 9.90 Å². The van der Waals surface area contributed by atoms with Gasteiger partial charge in [0.15, 0.2) is 11.0 Å². The van der Waals surface area contributed by atoms with Crippen molar-refractivity contribution in [3.05, 3.63) is 29.4 Å². The summed E-state index contributed by atoms with van der Waals surface area (Å²) in [6, 6.07) is 7.45. The van der Waals surface area contributed by atoms with Gasteiger partial charge < -0.3 is 10.0 Å². The largest absolute Gasteiger partial charge is 0.481 e. The van der Waals surface area contributed by atoms with Crippen molar-refractivity contribution in [2.45, 2.75) is 0 Å². The predicted octanol–water partition coefficient (Wildman–Crippen LogP) is 1.80. The molecule has 3 rings (SSSR count). The lowest BCUT2D eigenvalue weighted by molar-refractivity contribution is -0.142. The molecule has 92 valence electrons. The van der Waals surface area contributed by atoms with E-state index in [0.29, 0.717) is 24.1 Å². The molecule has 1 saturated heterocycles. The summed E-state index contributed by atoms with van der Waals surface area (Å²) < 4.78 is 0. The van der Waals surface area contributed by atoms with E-state index in [1.165, 1.54) is 0 Å². The van der Waals surface area contributed by atoms with Crippen molar-refractivity contribution in [3.63, 3.8) is 0 Å². The predicted molar refractivity (Wildman–Crippen MR) is 67.9 cm³/mol. The molecule has 1 aromatic heterocycles. The number of aromatic nitrogens is 2. The molecular weight excluding hydrogens is 254 g/mol. The van der Waals surface area contributed by atoms with Crippen LogP contribution in [0.2, 0.25) is 5.15 Å². The monoisotopic (exact) mass is 263 g/mol. The second-order valence-corrected chi connectivity index (χ2v) is 4.62. The van der Waals surface area contributed by atoms with Crippen LogP contribution in [-0.4, -0.2) is 34.1 Å². The SMILES string of the molecule is O=C(O)C1CN(c2nc3ccccc3nc2Cl)C1. The van der Waals surface area contributed by atoms with Gasteiger partial charge in [-0.1, -0.05) is 23.7 Å². The smallest absolute Gasteiger partial charge is 0.310 e. The number of halogens is 1. The van der Waals surface area contributed by atoms with Gasteiger partial charge in [0.05, 0.1) is 17.0 Å². The highest BCUT2D eigenvalue weighted by Crippen LogP contribution is 2.30. The van der Waals surface area contributed by atoms with Crippen molar-refractivity contribution >= 4 is 34.4 Å². The molecule has 0 aliphatic carbocycles. The van der Waals surface area contributed by atoms with Crippen LogP contribution < -0.4 is 4.90 Å². The molecule has 0 radical (unpaired) electrons. The Balaban J connectivity index is 1.93. The van der Waals surface area contributed by atoms with Gasteiger partial charge in [0, 0.05) is 13.1 Å². The molecule has 1 aliphatic rings. The maximum atomic E-state index is 10.8. The molecule has 1 aliphatic heterocycles. The highest BCUT2D eigenvalue weighted by molar-refractivity contribution is 6.32. The van der Waals surface area contributed by atoms with Crippen molar-refractivity contribution in [1.29, 1.82) is 0 Å². The lowest BCUT2D eigenvalue weighted by Crippen LogP contribution is -2.51. The number of fused-ring (bicyclic) bond motifs is 1. The molecule has 0 spiro atoms. The van der Waals surface area contributed by atoms with Crippen LogP contribution in [0.3, 0.4) is 0 Å². The average Bonchev–Trinajstić information content (AvgIpc) is 2.27. The summed E-state index contributed by atoms with van der Waals surface area (Å²) in [6.07, 6.45) is 0.